The quantitative estimate of drug-likeness (QED) is 0.641. The maximum Gasteiger partial charge on any atom is -0.0248 e. The number of benzene rings is 1. The van der Waals surface area contributed by atoms with Crippen LogP contribution >= 0.6 is 0 Å². The third-order valence-electron chi connectivity index (χ3n) is 2.68. The minimum absolute atomic E-state index is 0.788. The summed E-state index contributed by atoms with van der Waals surface area (Å²) in [5, 5.41) is 0. The fraction of sp³-hybridized carbons (Fsp3) is 0.385. The average molecular weight is 172 g/mol. The van der Waals surface area contributed by atoms with Crippen molar-refractivity contribution in [3.63, 3.8) is 0 Å². The molecule has 0 N–H and O–H groups in total. The average Bonchev–Trinajstić information content (AvgIpc) is 2.21. The third-order valence-corrected chi connectivity index (χ3v) is 2.68. The number of hydrogen-bond acceptors (Lipinski definition) is 0. The largest absolute Gasteiger partial charge is 0.0622 e. The van der Waals surface area contributed by atoms with Gasteiger partial charge in [-0.05, 0) is 50.0 Å². The van der Waals surface area contributed by atoms with Crippen molar-refractivity contribution in [3.05, 3.63) is 48.7 Å². The highest BCUT2D eigenvalue weighted by Gasteiger charge is 2.13. The molecule has 1 fully saturated rings. The van der Waals surface area contributed by atoms with Gasteiger partial charge < -0.3 is 0 Å². The molecule has 2 rings (SSSR count). The molecular formula is C13H16. The van der Waals surface area contributed by atoms with Crippen LogP contribution in [0.1, 0.15) is 24.8 Å². The molecular weight excluding hydrogens is 156 g/mol. The van der Waals surface area contributed by atoms with E-state index in [1.54, 1.807) is 0 Å². The number of hydrogen-bond donors (Lipinski definition) is 0. The van der Waals surface area contributed by atoms with Gasteiger partial charge in [-0.15, -0.1) is 0 Å². The third kappa shape index (κ3) is 2.58. The second-order valence-corrected chi connectivity index (χ2v) is 3.79. The lowest BCUT2D eigenvalue weighted by Gasteiger charge is -2.20. The van der Waals surface area contributed by atoms with Gasteiger partial charge in [-0.1, -0.05) is 30.3 Å². The van der Waals surface area contributed by atoms with E-state index in [0.29, 0.717) is 0 Å². The summed E-state index contributed by atoms with van der Waals surface area (Å²) in [7, 11) is 0. The van der Waals surface area contributed by atoms with Crippen molar-refractivity contribution in [1.29, 1.82) is 0 Å². The Labute approximate surface area is 81.0 Å². The molecule has 0 amide bonds. The van der Waals surface area contributed by atoms with E-state index in [4.69, 9.17) is 0 Å². The second-order valence-electron chi connectivity index (χ2n) is 3.79. The van der Waals surface area contributed by atoms with Crippen LogP contribution in [0.5, 0.6) is 0 Å². The summed E-state index contributed by atoms with van der Waals surface area (Å²) in [6.07, 6.45) is 9.95. The van der Waals surface area contributed by atoms with Gasteiger partial charge in [-0.25, -0.2) is 0 Å². The van der Waals surface area contributed by atoms with Crippen LogP contribution < -0.4 is 0 Å². The van der Waals surface area contributed by atoms with Crippen molar-refractivity contribution in [2.24, 2.45) is 5.92 Å². The Kier molecular flexibility index (Phi) is 3.02. The van der Waals surface area contributed by atoms with Gasteiger partial charge in [-0.3, -0.25) is 0 Å². The van der Waals surface area contributed by atoms with Crippen LogP contribution in [0.3, 0.4) is 0 Å². The molecule has 0 bridgehead atoms. The highest BCUT2D eigenvalue weighted by atomic mass is 14.2. The Morgan fingerprint density at radius 2 is 1.92 bits per heavy atom. The molecule has 0 heterocycles. The Morgan fingerprint density at radius 1 is 1.08 bits per heavy atom. The molecule has 1 aliphatic rings. The van der Waals surface area contributed by atoms with Crippen molar-refractivity contribution < 1.29 is 0 Å². The first-order valence-electron chi connectivity index (χ1n) is 5.14. The summed E-state index contributed by atoms with van der Waals surface area (Å²) in [6.45, 7) is 0. The first-order chi connectivity index (χ1) is 6.45. The van der Waals surface area contributed by atoms with Gasteiger partial charge in [0.25, 0.3) is 0 Å². The molecule has 1 saturated carbocycles. The molecule has 0 nitrogen and oxygen atoms in total. The van der Waals surface area contributed by atoms with Gasteiger partial charge in [0.15, 0.2) is 0 Å². The van der Waals surface area contributed by atoms with Crippen LogP contribution in [0.15, 0.2) is 30.3 Å². The fourth-order valence-electron chi connectivity index (χ4n) is 1.96. The Hall–Kier alpha value is -0.780. The standard InChI is InChI=1S/C13H16/c1-3-7-12(8-4-1)11-13-9-5-2-6-10-13/h1,3-5,7-8,10,13H,2,6,9,11H2. The Balaban J connectivity index is 1.90. The molecule has 0 spiro atoms. The topological polar surface area (TPSA) is 0 Å². The lowest BCUT2D eigenvalue weighted by atomic mass is 9.85. The predicted molar refractivity (Wildman–Crippen MR) is 56.1 cm³/mol. The van der Waals surface area contributed by atoms with Crippen LogP contribution in [-0.4, -0.2) is 0 Å². The molecule has 68 valence electrons. The Morgan fingerprint density at radius 3 is 2.62 bits per heavy atom. The van der Waals surface area contributed by atoms with Gasteiger partial charge in [0, 0.05) is 0 Å². The summed E-state index contributed by atoms with van der Waals surface area (Å²) in [6, 6.07) is 10.8. The maximum atomic E-state index is 2.48. The van der Waals surface area contributed by atoms with E-state index in [9.17, 15) is 0 Å². The SMILES string of the molecule is [CH]1CC[CH]C(Cc2ccccc2)C1. The molecule has 1 unspecified atom stereocenters. The first-order valence-corrected chi connectivity index (χ1v) is 5.14. The molecule has 1 aliphatic carbocycles. The zero-order valence-electron chi connectivity index (χ0n) is 7.95. The number of rotatable bonds is 2. The second kappa shape index (κ2) is 4.45. The van der Waals surface area contributed by atoms with Gasteiger partial charge in [0.05, 0.1) is 0 Å². The van der Waals surface area contributed by atoms with Crippen LogP contribution in [-0.2, 0) is 6.42 Å². The highest BCUT2D eigenvalue weighted by molar-refractivity contribution is 5.16. The van der Waals surface area contributed by atoms with Crippen LogP contribution in [0, 0.1) is 18.8 Å². The Bertz CT molecular complexity index is 231. The van der Waals surface area contributed by atoms with Gasteiger partial charge in [-0.2, -0.15) is 0 Å². The molecule has 1 atom stereocenters. The van der Waals surface area contributed by atoms with E-state index < -0.39 is 0 Å². The summed E-state index contributed by atoms with van der Waals surface area (Å²) in [4.78, 5) is 0. The summed E-state index contributed by atoms with van der Waals surface area (Å²) in [5.74, 6) is 0.788. The summed E-state index contributed by atoms with van der Waals surface area (Å²) < 4.78 is 0. The van der Waals surface area contributed by atoms with Gasteiger partial charge in [0.1, 0.15) is 0 Å². The molecule has 1 aromatic rings. The van der Waals surface area contributed by atoms with Crippen molar-refractivity contribution >= 4 is 0 Å². The summed E-state index contributed by atoms with van der Waals surface area (Å²) in [5.41, 5.74) is 1.47. The molecule has 1 aromatic carbocycles. The van der Waals surface area contributed by atoms with Crippen molar-refractivity contribution in [3.8, 4) is 0 Å². The molecule has 0 heteroatoms. The molecule has 13 heavy (non-hydrogen) atoms. The molecule has 2 radical (unpaired) electrons. The fourth-order valence-corrected chi connectivity index (χ4v) is 1.96. The molecule has 0 aromatic heterocycles. The minimum Gasteiger partial charge on any atom is -0.0622 e. The van der Waals surface area contributed by atoms with Crippen molar-refractivity contribution in [2.45, 2.75) is 25.7 Å². The minimum atomic E-state index is 0.788. The first kappa shape index (κ1) is 8.80. The zero-order valence-corrected chi connectivity index (χ0v) is 7.95. The van der Waals surface area contributed by atoms with E-state index in [0.717, 1.165) is 5.92 Å². The lowest BCUT2D eigenvalue weighted by Crippen LogP contribution is -2.10. The zero-order chi connectivity index (χ0) is 8.93. The van der Waals surface area contributed by atoms with Crippen molar-refractivity contribution in [1.82, 2.24) is 0 Å². The van der Waals surface area contributed by atoms with Gasteiger partial charge in [0.2, 0.25) is 0 Å². The molecule has 0 aliphatic heterocycles. The highest BCUT2D eigenvalue weighted by Crippen LogP contribution is 2.24. The lowest BCUT2D eigenvalue weighted by molar-refractivity contribution is 0.514. The monoisotopic (exact) mass is 172 g/mol. The van der Waals surface area contributed by atoms with Crippen molar-refractivity contribution in [2.75, 3.05) is 0 Å². The van der Waals surface area contributed by atoms with Crippen LogP contribution in [0.2, 0.25) is 0 Å². The van der Waals surface area contributed by atoms with E-state index in [2.05, 4.69) is 43.2 Å². The van der Waals surface area contributed by atoms with Crippen LogP contribution in [0.4, 0.5) is 0 Å². The van der Waals surface area contributed by atoms with E-state index in [1.807, 2.05) is 0 Å². The smallest absolute Gasteiger partial charge is 0.0248 e. The van der Waals surface area contributed by atoms with Gasteiger partial charge >= 0.3 is 0 Å². The van der Waals surface area contributed by atoms with E-state index in [1.165, 1.54) is 31.2 Å². The summed E-state index contributed by atoms with van der Waals surface area (Å²) >= 11 is 0. The van der Waals surface area contributed by atoms with Crippen LogP contribution in [0.25, 0.3) is 0 Å². The van der Waals surface area contributed by atoms with E-state index in [-0.39, 0.29) is 0 Å². The predicted octanol–water partition coefficient (Wildman–Crippen LogP) is 3.44. The molecule has 0 saturated heterocycles. The van der Waals surface area contributed by atoms with E-state index >= 15 is 0 Å². The maximum absolute atomic E-state index is 2.48. The normalized spacial score (nSPS) is 18.8.